The molecule has 2 unspecified atom stereocenters. The van der Waals surface area contributed by atoms with E-state index in [1.807, 2.05) is 6.07 Å². The lowest BCUT2D eigenvalue weighted by Gasteiger charge is -2.18. The third-order valence-corrected chi connectivity index (χ3v) is 4.14. The third kappa shape index (κ3) is 3.42. The highest BCUT2D eigenvalue weighted by molar-refractivity contribution is 5.78. The van der Waals surface area contributed by atoms with Crippen molar-refractivity contribution < 1.29 is 19.4 Å². The van der Waals surface area contributed by atoms with Crippen LogP contribution in [0, 0.1) is 5.92 Å². The van der Waals surface area contributed by atoms with Gasteiger partial charge in [-0.05, 0) is 43.4 Å². The molecule has 22 heavy (non-hydrogen) atoms. The summed E-state index contributed by atoms with van der Waals surface area (Å²) < 4.78 is 10.5. The van der Waals surface area contributed by atoms with Crippen LogP contribution in [0.5, 0.6) is 11.5 Å². The van der Waals surface area contributed by atoms with Gasteiger partial charge in [-0.25, -0.2) is 0 Å². The van der Waals surface area contributed by atoms with Crippen molar-refractivity contribution in [2.24, 2.45) is 5.92 Å². The normalized spacial score (nSPS) is 20.7. The number of aliphatic hydroxyl groups excluding tert-OH is 1. The number of aliphatic hydroxyl groups is 1. The molecule has 1 aromatic carbocycles. The number of hydrogen-bond acceptors (Lipinski definition) is 4. The first-order valence-electron chi connectivity index (χ1n) is 7.74. The molecule has 2 aliphatic rings. The molecular formula is C17H21NO4. The minimum Gasteiger partial charge on any atom is -0.454 e. The lowest BCUT2D eigenvalue weighted by atomic mass is 9.93. The van der Waals surface area contributed by atoms with Gasteiger partial charge in [0.25, 0.3) is 0 Å². The molecular weight excluding hydrogens is 282 g/mol. The van der Waals surface area contributed by atoms with E-state index >= 15 is 0 Å². The Kier molecular flexibility index (Phi) is 4.63. The van der Waals surface area contributed by atoms with Gasteiger partial charge in [0.1, 0.15) is 0 Å². The zero-order valence-corrected chi connectivity index (χ0v) is 12.5. The summed E-state index contributed by atoms with van der Waals surface area (Å²) in [5.41, 5.74) is 0.777. The summed E-state index contributed by atoms with van der Waals surface area (Å²) >= 11 is 0. The standard InChI is InChI=1S/C17H21NO4/c19-14(13-6-7-15-16(10-13)22-11-21-15)8-9-18-17(20)12-4-2-1-3-5-12/h1-2,6-7,10,12,14,19H,3-5,8-9,11H2,(H,18,20). The number of ether oxygens (including phenoxy) is 2. The van der Waals surface area contributed by atoms with Crippen molar-refractivity contribution in [3.05, 3.63) is 35.9 Å². The average Bonchev–Trinajstić information content (AvgIpc) is 3.03. The van der Waals surface area contributed by atoms with Gasteiger partial charge in [-0.1, -0.05) is 18.2 Å². The second-order valence-corrected chi connectivity index (χ2v) is 5.69. The monoisotopic (exact) mass is 303 g/mol. The third-order valence-electron chi connectivity index (χ3n) is 4.14. The number of carbonyl (C=O) groups excluding carboxylic acids is 1. The molecule has 1 aromatic rings. The lowest BCUT2D eigenvalue weighted by molar-refractivity contribution is -0.125. The summed E-state index contributed by atoms with van der Waals surface area (Å²) in [5, 5.41) is 13.1. The molecule has 1 aliphatic carbocycles. The zero-order chi connectivity index (χ0) is 15.4. The number of fused-ring (bicyclic) bond motifs is 1. The molecule has 5 heteroatoms. The highest BCUT2D eigenvalue weighted by Crippen LogP contribution is 2.34. The van der Waals surface area contributed by atoms with Gasteiger partial charge in [0.05, 0.1) is 6.10 Å². The van der Waals surface area contributed by atoms with Crippen LogP contribution in [-0.2, 0) is 4.79 Å². The highest BCUT2D eigenvalue weighted by atomic mass is 16.7. The van der Waals surface area contributed by atoms with Crippen LogP contribution in [0.15, 0.2) is 30.4 Å². The van der Waals surface area contributed by atoms with E-state index in [2.05, 4.69) is 17.5 Å². The Labute approximate surface area is 129 Å². The van der Waals surface area contributed by atoms with Gasteiger partial charge in [-0.2, -0.15) is 0 Å². The van der Waals surface area contributed by atoms with Crippen LogP contribution >= 0.6 is 0 Å². The highest BCUT2D eigenvalue weighted by Gasteiger charge is 2.19. The molecule has 5 nitrogen and oxygen atoms in total. The summed E-state index contributed by atoms with van der Waals surface area (Å²) in [7, 11) is 0. The number of benzene rings is 1. The summed E-state index contributed by atoms with van der Waals surface area (Å²) in [6.45, 7) is 0.690. The molecule has 0 bridgehead atoms. The quantitative estimate of drug-likeness (QED) is 0.819. The minimum atomic E-state index is -0.624. The number of rotatable bonds is 5. The van der Waals surface area contributed by atoms with Crippen LogP contribution in [0.2, 0.25) is 0 Å². The minimum absolute atomic E-state index is 0.0766. The Morgan fingerprint density at radius 1 is 1.32 bits per heavy atom. The first-order valence-corrected chi connectivity index (χ1v) is 7.74. The molecule has 1 heterocycles. The Morgan fingerprint density at radius 3 is 3.00 bits per heavy atom. The van der Waals surface area contributed by atoms with Gasteiger partial charge < -0.3 is 19.9 Å². The molecule has 0 aromatic heterocycles. The number of hydrogen-bond donors (Lipinski definition) is 2. The molecule has 3 rings (SSSR count). The Hall–Kier alpha value is -2.01. The number of allylic oxidation sites excluding steroid dienone is 2. The second kappa shape index (κ2) is 6.83. The Morgan fingerprint density at radius 2 is 2.18 bits per heavy atom. The van der Waals surface area contributed by atoms with Gasteiger partial charge in [0, 0.05) is 12.5 Å². The van der Waals surface area contributed by atoms with Crippen LogP contribution in [0.4, 0.5) is 0 Å². The van der Waals surface area contributed by atoms with Crippen molar-refractivity contribution in [2.45, 2.75) is 31.8 Å². The fourth-order valence-electron chi connectivity index (χ4n) is 2.80. The average molecular weight is 303 g/mol. The van der Waals surface area contributed by atoms with Crippen LogP contribution in [0.3, 0.4) is 0 Å². The first kappa shape index (κ1) is 14.9. The van der Waals surface area contributed by atoms with Crippen LogP contribution in [0.1, 0.15) is 37.4 Å². The SMILES string of the molecule is O=C(NCCC(O)c1ccc2c(c1)OCO2)C1CC=CCC1. The maximum absolute atomic E-state index is 12.0. The van der Waals surface area contributed by atoms with Crippen molar-refractivity contribution in [1.29, 1.82) is 0 Å². The maximum atomic E-state index is 12.0. The molecule has 2 N–H and O–H groups in total. The smallest absolute Gasteiger partial charge is 0.231 e. The Bertz CT molecular complexity index is 570. The molecule has 0 radical (unpaired) electrons. The van der Waals surface area contributed by atoms with E-state index in [9.17, 15) is 9.90 Å². The summed E-state index contributed by atoms with van der Waals surface area (Å²) in [4.78, 5) is 12.0. The number of carbonyl (C=O) groups is 1. The van der Waals surface area contributed by atoms with Gasteiger partial charge >= 0.3 is 0 Å². The van der Waals surface area contributed by atoms with Gasteiger partial charge in [0.2, 0.25) is 12.7 Å². The second-order valence-electron chi connectivity index (χ2n) is 5.69. The predicted octanol–water partition coefficient (Wildman–Crippen LogP) is 2.31. The largest absolute Gasteiger partial charge is 0.454 e. The van der Waals surface area contributed by atoms with E-state index in [4.69, 9.17) is 9.47 Å². The van der Waals surface area contributed by atoms with Gasteiger partial charge in [0.15, 0.2) is 11.5 Å². The summed E-state index contributed by atoms with van der Waals surface area (Å²) in [6.07, 6.45) is 6.73. The lowest BCUT2D eigenvalue weighted by Crippen LogP contribution is -2.32. The van der Waals surface area contributed by atoms with Crippen molar-refractivity contribution in [2.75, 3.05) is 13.3 Å². The van der Waals surface area contributed by atoms with E-state index in [1.165, 1.54) is 0 Å². The van der Waals surface area contributed by atoms with Gasteiger partial charge in [-0.3, -0.25) is 4.79 Å². The molecule has 1 amide bonds. The van der Waals surface area contributed by atoms with E-state index < -0.39 is 6.10 Å². The van der Waals surface area contributed by atoms with E-state index in [-0.39, 0.29) is 18.6 Å². The first-order chi connectivity index (χ1) is 10.7. The topological polar surface area (TPSA) is 67.8 Å². The predicted molar refractivity (Wildman–Crippen MR) is 81.6 cm³/mol. The van der Waals surface area contributed by atoms with Crippen LogP contribution in [-0.4, -0.2) is 24.4 Å². The molecule has 1 aliphatic heterocycles. The fourth-order valence-corrected chi connectivity index (χ4v) is 2.80. The van der Waals surface area contributed by atoms with Crippen molar-refractivity contribution in [1.82, 2.24) is 5.32 Å². The van der Waals surface area contributed by atoms with Crippen molar-refractivity contribution in [3.63, 3.8) is 0 Å². The van der Waals surface area contributed by atoms with Crippen molar-refractivity contribution >= 4 is 5.91 Å². The summed E-state index contributed by atoms with van der Waals surface area (Å²) in [5.74, 6) is 1.53. The molecule has 118 valence electrons. The molecule has 2 atom stereocenters. The fraction of sp³-hybridized carbons (Fsp3) is 0.471. The molecule has 0 spiro atoms. The summed E-state index contributed by atoms with van der Waals surface area (Å²) in [6, 6.07) is 5.42. The van der Waals surface area contributed by atoms with Crippen LogP contribution < -0.4 is 14.8 Å². The Balaban J connectivity index is 1.47. The zero-order valence-electron chi connectivity index (χ0n) is 12.5. The van der Waals surface area contributed by atoms with Crippen molar-refractivity contribution in [3.8, 4) is 11.5 Å². The molecule has 0 saturated carbocycles. The van der Waals surface area contributed by atoms with E-state index in [1.54, 1.807) is 12.1 Å². The van der Waals surface area contributed by atoms with E-state index in [0.29, 0.717) is 24.5 Å². The maximum Gasteiger partial charge on any atom is 0.231 e. The molecule has 0 fully saturated rings. The number of amides is 1. The number of nitrogens with one attached hydrogen (secondary N) is 1. The molecule has 0 saturated heterocycles. The van der Waals surface area contributed by atoms with Gasteiger partial charge in [-0.15, -0.1) is 0 Å². The van der Waals surface area contributed by atoms with Crippen LogP contribution in [0.25, 0.3) is 0 Å². The van der Waals surface area contributed by atoms with E-state index in [0.717, 1.165) is 24.8 Å².